The molecule has 2 aromatic rings. The first-order chi connectivity index (χ1) is 7.52. The fraction of sp³-hybridized carbons (Fsp3) is 0.308. The van der Waals surface area contributed by atoms with E-state index in [-0.39, 0.29) is 11.8 Å². The third-order valence-corrected chi connectivity index (χ3v) is 2.99. The minimum atomic E-state index is 0.0703. The summed E-state index contributed by atoms with van der Waals surface area (Å²) >= 11 is 6.19. The minimum Gasteiger partial charge on any atom is -0.334 e. The Kier molecular flexibility index (Phi) is 2.76. The van der Waals surface area contributed by atoms with Crippen LogP contribution in [0.1, 0.15) is 37.3 Å². The Morgan fingerprint density at radius 2 is 2.06 bits per heavy atom. The van der Waals surface area contributed by atoms with Crippen molar-refractivity contribution in [1.82, 2.24) is 4.57 Å². The lowest BCUT2D eigenvalue weighted by molar-refractivity contribution is 0.100. The van der Waals surface area contributed by atoms with Gasteiger partial charge in [-0.1, -0.05) is 23.7 Å². The van der Waals surface area contributed by atoms with Gasteiger partial charge in [-0.25, -0.2) is 0 Å². The van der Waals surface area contributed by atoms with Crippen molar-refractivity contribution in [2.75, 3.05) is 0 Å². The number of ketones is 1. The van der Waals surface area contributed by atoms with Crippen LogP contribution in [0.15, 0.2) is 24.3 Å². The molecule has 0 N–H and O–H groups in total. The third-order valence-electron chi connectivity index (χ3n) is 2.69. The summed E-state index contributed by atoms with van der Waals surface area (Å²) in [5.74, 6) is 0.0703. The standard InChI is InChI=1S/C13H14ClNO/c1-8(2)15-12(9(3)16)7-10-5-4-6-11(14)13(10)15/h4-8H,1-3H3. The molecule has 0 amide bonds. The summed E-state index contributed by atoms with van der Waals surface area (Å²) in [5.41, 5.74) is 1.67. The van der Waals surface area contributed by atoms with Crippen LogP contribution in [0.2, 0.25) is 5.02 Å². The summed E-state index contributed by atoms with van der Waals surface area (Å²) in [6, 6.07) is 7.86. The fourth-order valence-electron chi connectivity index (χ4n) is 2.05. The summed E-state index contributed by atoms with van der Waals surface area (Å²) in [6.45, 7) is 5.69. The first-order valence-electron chi connectivity index (χ1n) is 5.32. The van der Waals surface area contributed by atoms with Crippen LogP contribution in [0.4, 0.5) is 0 Å². The molecule has 0 bridgehead atoms. The highest BCUT2D eigenvalue weighted by Crippen LogP contribution is 2.30. The summed E-state index contributed by atoms with van der Waals surface area (Å²) in [4.78, 5) is 11.6. The normalized spacial score (nSPS) is 11.3. The van der Waals surface area contributed by atoms with Crippen LogP contribution in [-0.2, 0) is 0 Å². The molecule has 0 saturated heterocycles. The molecule has 0 spiro atoms. The average Bonchev–Trinajstić information content (AvgIpc) is 2.58. The highest BCUT2D eigenvalue weighted by atomic mass is 35.5. The summed E-state index contributed by atoms with van der Waals surface area (Å²) in [6.07, 6.45) is 0. The molecule has 2 nitrogen and oxygen atoms in total. The van der Waals surface area contributed by atoms with E-state index < -0.39 is 0 Å². The van der Waals surface area contributed by atoms with Gasteiger partial charge in [0, 0.05) is 18.4 Å². The zero-order valence-electron chi connectivity index (χ0n) is 9.62. The van der Waals surface area contributed by atoms with Gasteiger partial charge < -0.3 is 4.57 Å². The molecule has 3 heteroatoms. The molecule has 0 atom stereocenters. The van der Waals surface area contributed by atoms with Gasteiger partial charge >= 0.3 is 0 Å². The molecule has 1 aromatic carbocycles. The van der Waals surface area contributed by atoms with Crippen molar-refractivity contribution >= 4 is 28.3 Å². The number of hydrogen-bond acceptors (Lipinski definition) is 1. The Hall–Kier alpha value is -1.28. The second-order valence-corrected chi connectivity index (χ2v) is 4.63. The van der Waals surface area contributed by atoms with Gasteiger partial charge in [-0.2, -0.15) is 0 Å². The van der Waals surface area contributed by atoms with Crippen molar-refractivity contribution in [2.45, 2.75) is 26.8 Å². The predicted molar refractivity (Wildman–Crippen MR) is 67.3 cm³/mol. The highest BCUT2D eigenvalue weighted by molar-refractivity contribution is 6.35. The third kappa shape index (κ3) is 1.63. The smallest absolute Gasteiger partial charge is 0.176 e. The predicted octanol–water partition coefficient (Wildman–Crippen LogP) is 4.08. The fourth-order valence-corrected chi connectivity index (χ4v) is 2.32. The van der Waals surface area contributed by atoms with Crippen LogP contribution >= 0.6 is 11.6 Å². The Labute approximate surface area is 99.8 Å². The second-order valence-electron chi connectivity index (χ2n) is 4.23. The molecule has 16 heavy (non-hydrogen) atoms. The van der Waals surface area contributed by atoms with E-state index in [1.54, 1.807) is 6.92 Å². The van der Waals surface area contributed by atoms with Crippen molar-refractivity contribution < 1.29 is 4.79 Å². The first kappa shape index (κ1) is 11.2. The van der Waals surface area contributed by atoms with Crippen molar-refractivity contribution in [3.05, 3.63) is 35.0 Å². The van der Waals surface area contributed by atoms with Gasteiger partial charge in [0.25, 0.3) is 0 Å². The Morgan fingerprint density at radius 1 is 1.38 bits per heavy atom. The molecule has 0 saturated carbocycles. The molecule has 0 fully saturated rings. The number of aromatic nitrogens is 1. The van der Waals surface area contributed by atoms with Crippen LogP contribution < -0.4 is 0 Å². The molecule has 0 aliphatic heterocycles. The van der Waals surface area contributed by atoms with E-state index in [0.29, 0.717) is 5.02 Å². The molecule has 0 radical (unpaired) electrons. The van der Waals surface area contributed by atoms with Crippen LogP contribution in [-0.4, -0.2) is 10.4 Å². The monoisotopic (exact) mass is 235 g/mol. The summed E-state index contributed by atoms with van der Waals surface area (Å²) < 4.78 is 2.00. The van der Waals surface area contributed by atoms with Gasteiger partial charge in [0.15, 0.2) is 5.78 Å². The summed E-state index contributed by atoms with van der Waals surface area (Å²) in [7, 11) is 0. The van der Waals surface area contributed by atoms with Crippen LogP contribution in [0.5, 0.6) is 0 Å². The van der Waals surface area contributed by atoms with Gasteiger partial charge in [-0.15, -0.1) is 0 Å². The van der Waals surface area contributed by atoms with Gasteiger partial charge in [0.1, 0.15) is 0 Å². The Bertz CT molecular complexity index is 554. The number of rotatable bonds is 2. The van der Waals surface area contributed by atoms with Crippen LogP contribution in [0.3, 0.4) is 0 Å². The Balaban J connectivity index is 2.88. The molecule has 0 aliphatic rings. The van der Waals surface area contributed by atoms with Crippen molar-refractivity contribution in [1.29, 1.82) is 0 Å². The van der Waals surface area contributed by atoms with E-state index in [1.807, 2.05) is 28.8 Å². The van der Waals surface area contributed by atoms with E-state index in [9.17, 15) is 4.79 Å². The van der Waals surface area contributed by atoms with Gasteiger partial charge in [0.2, 0.25) is 0 Å². The molecular formula is C13H14ClNO. The lowest BCUT2D eigenvalue weighted by Gasteiger charge is -2.13. The topological polar surface area (TPSA) is 22.0 Å². The van der Waals surface area contributed by atoms with Gasteiger partial charge in [-0.3, -0.25) is 4.79 Å². The molecule has 2 rings (SSSR count). The second kappa shape index (κ2) is 3.95. The number of benzene rings is 1. The number of nitrogens with zero attached hydrogens (tertiary/aromatic N) is 1. The Morgan fingerprint density at radius 3 is 2.62 bits per heavy atom. The highest BCUT2D eigenvalue weighted by Gasteiger charge is 2.16. The molecule has 1 heterocycles. The lowest BCUT2D eigenvalue weighted by atomic mass is 10.2. The van der Waals surface area contributed by atoms with Gasteiger partial charge in [-0.05, 0) is 26.0 Å². The van der Waals surface area contributed by atoms with Gasteiger partial charge in [0.05, 0.1) is 16.2 Å². The molecule has 0 aliphatic carbocycles. The van der Waals surface area contributed by atoms with E-state index in [0.717, 1.165) is 16.6 Å². The quantitative estimate of drug-likeness (QED) is 0.719. The van der Waals surface area contributed by atoms with E-state index >= 15 is 0 Å². The number of carbonyl (C=O) groups excluding carboxylic acids is 1. The van der Waals surface area contributed by atoms with Crippen LogP contribution in [0.25, 0.3) is 10.9 Å². The van der Waals surface area contributed by atoms with Crippen molar-refractivity contribution in [3.63, 3.8) is 0 Å². The molecule has 0 unspecified atom stereocenters. The number of para-hydroxylation sites is 1. The maximum atomic E-state index is 11.6. The van der Waals surface area contributed by atoms with Crippen molar-refractivity contribution in [2.24, 2.45) is 0 Å². The SMILES string of the molecule is CC(=O)c1cc2cccc(Cl)c2n1C(C)C. The van der Waals surface area contributed by atoms with Crippen LogP contribution in [0, 0.1) is 0 Å². The zero-order chi connectivity index (χ0) is 11.9. The number of fused-ring (bicyclic) bond motifs is 1. The molecule has 84 valence electrons. The van der Waals surface area contributed by atoms with E-state index in [1.165, 1.54) is 0 Å². The number of hydrogen-bond donors (Lipinski definition) is 0. The van der Waals surface area contributed by atoms with E-state index in [4.69, 9.17) is 11.6 Å². The summed E-state index contributed by atoms with van der Waals surface area (Å²) in [5, 5.41) is 1.71. The maximum absolute atomic E-state index is 11.6. The first-order valence-corrected chi connectivity index (χ1v) is 5.70. The molecular weight excluding hydrogens is 222 g/mol. The minimum absolute atomic E-state index is 0.0703. The zero-order valence-corrected chi connectivity index (χ0v) is 10.4. The largest absolute Gasteiger partial charge is 0.334 e. The number of carbonyl (C=O) groups is 1. The maximum Gasteiger partial charge on any atom is 0.176 e. The number of Topliss-reactive ketones (excluding diaryl/α,β-unsaturated/α-hetero) is 1. The molecule has 1 aromatic heterocycles. The van der Waals surface area contributed by atoms with E-state index in [2.05, 4.69) is 13.8 Å². The number of halogens is 1. The van der Waals surface area contributed by atoms with Crippen molar-refractivity contribution in [3.8, 4) is 0 Å². The average molecular weight is 236 g/mol. The lowest BCUT2D eigenvalue weighted by Crippen LogP contribution is -2.08.